The molecule has 3 aromatic rings. The second-order valence-corrected chi connectivity index (χ2v) is 6.56. The van der Waals surface area contributed by atoms with E-state index >= 15 is 0 Å². The number of thiophene rings is 1. The Labute approximate surface area is 140 Å². The molecule has 0 aliphatic carbocycles. The molecule has 0 N–H and O–H groups in total. The van der Waals surface area contributed by atoms with Crippen molar-refractivity contribution in [2.45, 2.75) is 25.9 Å². The van der Waals surface area contributed by atoms with E-state index in [-0.39, 0.29) is 11.9 Å². The highest BCUT2D eigenvalue weighted by atomic mass is 32.1. The molecule has 0 aliphatic heterocycles. The lowest BCUT2D eigenvalue weighted by Gasteiger charge is -2.28. The van der Waals surface area contributed by atoms with Gasteiger partial charge in [0.2, 0.25) is 0 Å². The summed E-state index contributed by atoms with van der Waals surface area (Å²) in [7, 11) is 0. The molecule has 1 amide bonds. The third kappa shape index (κ3) is 3.90. The maximum atomic E-state index is 12.8. The van der Waals surface area contributed by atoms with Crippen LogP contribution in [0.3, 0.4) is 0 Å². The molecular formula is C19H19NO2S. The van der Waals surface area contributed by atoms with Crippen molar-refractivity contribution >= 4 is 17.2 Å². The first-order valence-corrected chi connectivity index (χ1v) is 8.53. The Bertz CT molecular complexity index is 720. The van der Waals surface area contributed by atoms with Gasteiger partial charge in [0.05, 0.1) is 6.26 Å². The molecule has 2 aromatic heterocycles. The van der Waals surface area contributed by atoms with E-state index in [2.05, 4.69) is 18.4 Å². The monoisotopic (exact) mass is 325 g/mol. The maximum Gasteiger partial charge on any atom is 0.290 e. The molecule has 0 bridgehead atoms. The first-order chi connectivity index (χ1) is 11.2. The molecule has 0 spiro atoms. The number of nitrogens with zero attached hydrogens (tertiary/aromatic N) is 1. The van der Waals surface area contributed by atoms with Gasteiger partial charge in [0.15, 0.2) is 5.76 Å². The van der Waals surface area contributed by atoms with Crippen LogP contribution in [0.4, 0.5) is 0 Å². The lowest BCUT2D eigenvalue weighted by Crippen LogP contribution is -2.39. The zero-order valence-corrected chi connectivity index (χ0v) is 13.8. The first kappa shape index (κ1) is 15.6. The third-order valence-electron chi connectivity index (χ3n) is 3.80. The van der Waals surface area contributed by atoms with Crippen molar-refractivity contribution in [3.05, 3.63) is 82.4 Å². The van der Waals surface area contributed by atoms with E-state index in [1.165, 1.54) is 11.1 Å². The van der Waals surface area contributed by atoms with Crippen LogP contribution in [0.15, 0.2) is 70.7 Å². The van der Waals surface area contributed by atoms with Crippen molar-refractivity contribution in [3.63, 3.8) is 0 Å². The lowest BCUT2D eigenvalue weighted by molar-refractivity contribution is 0.0643. The summed E-state index contributed by atoms with van der Waals surface area (Å²) in [4.78, 5) is 16.0. The third-order valence-corrected chi connectivity index (χ3v) is 4.70. The van der Waals surface area contributed by atoms with Crippen LogP contribution < -0.4 is 0 Å². The minimum atomic E-state index is -0.0668. The van der Waals surface area contributed by atoms with Crippen LogP contribution in [-0.4, -0.2) is 16.8 Å². The number of hydrogen-bond donors (Lipinski definition) is 0. The van der Waals surface area contributed by atoms with E-state index in [0.29, 0.717) is 12.3 Å². The highest BCUT2D eigenvalue weighted by Crippen LogP contribution is 2.19. The topological polar surface area (TPSA) is 33.5 Å². The van der Waals surface area contributed by atoms with Crippen molar-refractivity contribution in [3.8, 4) is 0 Å². The Balaban J connectivity index is 1.81. The fraction of sp³-hybridized carbons (Fsp3) is 0.211. The molecule has 4 heteroatoms. The molecule has 118 valence electrons. The van der Waals surface area contributed by atoms with E-state index in [9.17, 15) is 4.79 Å². The SMILES string of the molecule is C[C@@H](Cc1cccs1)N(Cc1ccccc1)C(=O)c1ccco1. The predicted octanol–water partition coefficient (Wildman–Crippen LogP) is 4.61. The summed E-state index contributed by atoms with van der Waals surface area (Å²) in [5.74, 6) is 0.321. The van der Waals surface area contributed by atoms with Crippen LogP contribution in [0.25, 0.3) is 0 Å². The van der Waals surface area contributed by atoms with E-state index in [0.717, 1.165) is 12.0 Å². The lowest BCUT2D eigenvalue weighted by atomic mass is 10.1. The van der Waals surface area contributed by atoms with E-state index < -0.39 is 0 Å². The second kappa shape index (κ2) is 7.29. The van der Waals surface area contributed by atoms with E-state index in [1.54, 1.807) is 23.5 Å². The van der Waals surface area contributed by atoms with Crippen molar-refractivity contribution in [1.82, 2.24) is 4.90 Å². The van der Waals surface area contributed by atoms with Crippen molar-refractivity contribution in [1.29, 1.82) is 0 Å². The number of rotatable bonds is 6. The molecule has 0 radical (unpaired) electrons. The van der Waals surface area contributed by atoms with Crippen molar-refractivity contribution in [2.75, 3.05) is 0 Å². The highest BCUT2D eigenvalue weighted by Gasteiger charge is 2.24. The zero-order chi connectivity index (χ0) is 16.1. The maximum absolute atomic E-state index is 12.8. The van der Waals surface area contributed by atoms with Gasteiger partial charge in [-0.1, -0.05) is 36.4 Å². The molecule has 1 atom stereocenters. The fourth-order valence-electron chi connectivity index (χ4n) is 2.58. The van der Waals surface area contributed by atoms with Gasteiger partial charge in [-0.15, -0.1) is 11.3 Å². The van der Waals surface area contributed by atoms with Crippen LogP contribution >= 0.6 is 11.3 Å². The Morgan fingerprint density at radius 2 is 1.96 bits per heavy atom. The Morgan fingerprint density at radius 3 is 2.61 bits per heavy atom. The summed E-state index contributed by atoms with van der Waals surface area (Å²) in [6.07, 6.45) is 2.38. The van der Waals surface area contributed by atoms with Gasteiger partial charge in [-0.25, -0.2) is 0 Å². The summed E-state index contributed by atoms with van der Waals surface area (Å²) >= 11 is 1.72. The Morgan fingerprint density at radius 1 is 1.13 bits per heavy atom. The fourth-order valence-corrected chi connectivity index (χ4v) is 3.41. The van der Waals surface area contributed by atoms with Crippen LogP contribution in [0, 0.1) is 0 Å². The number of furan rings is 1. The number of hydrogen-bond acceptors (Lipinski definition) is 3. The minimum absolute atomic E-state index is 0.0668. The molecular weight excluding hydrogens is 306 g/mol. The Kier molecular flexibility index (Phi) is 4.93. The minimum Gasteiger partial charge on any atom is -0.459 e. The number of carbonyl (C=O) groups is 1. The number of carbonyl (C=O) groups excluding carboxylic acids is 1. The Hall–Kier alpha value is -2.33. The molecule has 0 unspecified atom stereocenters. The number of benzene rings is 1. The molecule has 3 nitrogen and oxygen atoms in total. The normalized spacial score (nSPS) is 12.0. The molecule has 0 saturated heterocycles. The van der Waals surface area contributed by atoms with E-state index in [4.69, 9.17) is 4.42 Å². The van der Waals surface area contributed by atoms with Crippen molar-refractivity contribution in [2.24, 2.45) is 0 Å². The van der Waals surface area contributed by atoms with Gasteiger partial charge in [0.1, 0.15) is 0 Å². The van der Waals surface area contributed by atoms with Gasteiger partial charge in [-0.3, -0.25) is 4.79 Å². The van der Waals surface area contributed by atoms with Crippen LogP contribution in [0.5, 0.6) is 0 Å². The van der Waals surface area contributed by atoms with E-state index in [1.807, 2.05) is 41.3 Å². The summed E-state index contributed by atoms with van der Waals surface area (Å²) in [6, 6.07) is 17.8. The zero-order valence-electron chi connectivity index (χ0n) is 13.0. The largest absolute Gasteiger partial charge is 0.459 e. The van der Waals surface area contributed by atoms with Crippen LogP contribution in [-0.2, 0) is 13.0 Å². The molecule has 3 rings (SSSR count). The van der Waals surface area contributed by atoms with Gasteiger partial charge in [-0.2, -0.15) is 0 Å². The molecule has 0 aliphatic rings. The average Bonchev–Trinajstić information content (AvgIpc) is 3.26. The molecule has 2 heterocycles. The van der Waals surface area contributed by atoms with Crippen LogP contribution in [0.2, 0.25) is 0 Å². The van der Waals surface area contributed by atoms with Gasteiger partial charge < -0.3 is 9.32 Å². The highest BCUT2D eigenvalue weighted by molar-refractivity contribution is 7.09. The van der Waals surface area contributed by atoms with Gasteiger partial charge in [0.25, 0.3) is 5.91 Å². The van der Waals surface area contributed by atoms with Crippen LogP contribution in [0.1, 0.15) is 27.9 Å². The number of amides is 1. The molecule has 0 saturated carbocycles. The van der Waals surface area contributed by atoms with Gasteiger partial charge in [0, 0.05) is 23.9 Å². The molecule has 1 aromatic carbocycles. The smallest absolute Gasteiger partial charge is 0.290 e. The van der Waals surface area contributed by atoms with Gasteiger partial charge in [-0.05, 0) is 36.1 Å². The predicted molar refractivity (Wildman–Crippen MR) is 92.5 cm³/mol. The summed E-state index contributed by atoms with van der Waals surface area (Å²) in [5.41, 5.74) is 1.12. The second-order valence-electron chi connectivity index (χ2n) is 5.53. The standard InChI is InChI=1S/C19H19NO2S/c1-15(13-17-9-6-12-23-17)20(14-16-7-3-2-4-8-16)19(21)18-10-5-11-22-18/h2-12,15H,13-14H2,1H3/t15-/m0/s1. The summed E-state index contributed by atoms with van der Waals surface area (Å²) in [6.45, 7) is 2.66. The molecule has 23 heavy (non-hydrogen) atoms. The van der Waals surface area contributed by atoms with Crippen molar-refractivity contribution < 1.29 is 9.21 Å². The summed E-state index contributed by atoms with van der Waals surface area (Å²) < 4.78 is 5.31. The first-order valence-electron chi connectivity index (χ1n) is 7.65. The average molecular weight is 325 g/mol. The summed E-state index contributed by atoms with van der Waals surface area (Å²) in [5, 5.41) is 2.07. The molecule has 0 fully saturated rings. The van der Waals surface area contributed by atoms with Gasteiger partial charge >= 0.3 is 0 Å². The quantitative estimate of drug-likeness (QED) is 0.663.